The summed E-state index contributed by atoms with van der Waals surface area (Å²) in [5, 5.41) is 16.2. The number of aromatic nitrogens is 3. The molecule has 0 atom stereocenters. The first-order valence-electron chi connectivity index (χ1n) is 9.12. The molecule has 4 rings (SSSR count). The summed E-state index contributed by atoms with van der Waals surface area (Å²) in [5.74, 6) is 1.48. The number of hydrogen-bond donors (Lipinski definition) is 4. The molecule has 0 radical (unpaired) electrons. The van der Waals surface area contributed by atoms with E-state index < -0.39 is 0 Å². The summed E-state index contributed by atoms with van der Waals surface area (Å²) < 4.78 is 1.66. The van der Waals surface area contributed by atoms with Crippen LogP contribution >= 0.6 is 0 Å². The summed E-state index contributed by atoms with van der Waals surface area (Å²) in [6.45, 7) is 0. The molecule has 0 fully saturated rings. The molecule has 0 saturated carbocycles. The van der Waals surface area contributed by atoms with Crippen molar-refractivity contribution in [2.75, 3.05) is 30.0 Å². The van der Waals surface area contributed by atoms with Crippen molar-refractivity contribution >= 4 is 34.7 Å². The number of carbonyl (C=O) groups excluding carboxylic acids is 1. The molecule has 8 heteroatoms. The lowest BCUT2D eigenvalue weighted by molar-refractivity contribution is 0.254. The Balaban J connectivity index is 1.74. The molecule has 0 unspecified atom stereocenters. The zero-order valence-corrected chi connectivity index (χ0v) is 15.5. The van der Waals surface area contributed by atoms with Crippen LogP contribution in [0.3, 0.4) is 0 Å². The van der Waals surface area contributed by atoms with Gasteiger partial charge in [-0.25, -0.2) is 9.78 Å². The monoisotopic (exact) mass is 365 g/mol. The van der Waals surface area contributed by atoms with Gasteiger partial charge in [-0.1, -0.05) is 12.1 Å². The summed E-state index contributed by atoms with van der Waals surface area (Å²) in [6, 6.07) is 7.98. The van der Waals surface area contributed by atoms with Crippen LogP contribution < -0.4 is 21.3 Å². The van der Waals surface area contributed by atoms with Gasteiger partial charge >= 0.3 is 6.03 Å². The molecule has 2 amide bonds. The minimum Gasteiger partial charge on any atom is -0.373 e. The predicted molar refractivity (Wildman–Crippen MR) is 107 cm³/mol. The van der Waals surface area contributed by atoms with E-state index in [0.29, 0.717) is 17.2 Å². The lowest BCUT2D eigenvalue weighted by atomic mass is 9.90. The molecule has 4 N–H and O–H groups in total. The quantitative estimate of drug-likeness (QED) is 0.570. The van der Waals surface area contributed by atoms with Crippen molar-refractivity contribution in [2.45, 2.75) is 25.7 Å². The van der Waals surface area contributed by atoms with Crippen molar-refractivity contribution in [1.29, 1.82) is 0 Å². The second-order valence-electron chi connectivity index (χ2n) is 6.55. The lowest BCUT2D eigenvalue weighted by Crippen LogP contribution is -2.24. The number of carbonyl (C=O) groups is 1. The molecule has 2 heterocycles. The average Bonchev–Trinajstić information content (AvgIpc) is 3.10. The van der Waals surface area contributed by atoms with E-state index in [-0.39, 0.29) is 6.03 Å². The second kappa shape index (κ2) is 7.14. The summed E-state index contributed by atoms with van der Waals surface area (Å²) >= 11 is 0. The van der Waals surface area contributed by atoms with E-state index in [1.807, 2.05) is 13.1 Å². The lowest BCUT2D eigenvalue weighted by Gasteiger charge is -2.20. The highest BCUT2D eigenvalue weighted by atomic mass is 16.2. The first-order valence-corrected chi connectivity index (χ1v) is 9.12. The van der Waals surface area contributed by atoms with Crippen molar-refractivity contribution < 1.29 is 4.79 Å². The van der Waals surface area contributed by atoms with Gasteiger partial charge in [0.25, 0.3) is 0 Å². The van der Waals surface area contributed by atoms with Crippen LogP contribution in [0.2, 0.25) is 0 Å². The van der Waals surface area contributed by atoms with Crippen LogP contribution in [0.5, 0.6) is 0 Å². The average molecular weight is 365 g/mol. The van der Waals surface area contributed by atoms with Gasteiger partial charge in [-0.15, -0.1) is 0 Å². The highest BCUT2D eigenvalue weighted by molar-refractivity contribution is 5.93. The number of hydrogen-bond acceptors (Lipinski definition) is 5. The number of nitrogens with one attached hydrogen (secondary N) is 4. The normalized spacial score (nSPS) is 13.1. The van der Waals surface area contributed by atoms with Gasteiger partial charge in [0.05, 0.1) is 6.20 Å². The minimum absolute atomic E-state index is 0.312. The smallest absolute Gasteiger partial charge is 0.319 e. The van der Waals surface area contributed by atoms with Gasteiger partial charge in [-0.3, -0.25) is 0 Å². The minimum atomic E-state index is -0.312. The molecule has 140 valence electrons. The number of amides is 2. The third-order valence-corrected chi connectivity index (χ3v) is 4.86. The van der Waals surface area contributed by atoms with Crippen molar-refractivity contribution in [2.24, 2.45) is 0 Å². The van der Waals surface area contributed by atoms with Crippen LogP contribution in [-0.2, 0) is 12.8 Å². The third-order valence-electron chi connectivity index (χ3n) is 4.86. The first kappa shape index (κ1) is 17.1. The predicted octanol–water partition coefficient (Wildman–Crippen LogP) is 3.14. The molecule has 0 saturated heterocycles. The van der Waals surface area contributed by atoms with Crippen LogP contribution in [-0.4, -0.2) is 34.7 Å². The second-order valence-corrected chi connectivity index (χ2v) is 6.55. The van der Waals surface area contributed by atoms with Gasteiger partial charge in [0, 0.05) is 25.8 Å². The van der Waals surface area contributed by atoms with E-state index in [9.17, 15) is 4.79 Å². The van der Waals surface area contributed by atoms with E-state index in [0.717, 1.165) is 24.3 Å². The molecule has 3 aromatic rings. The van der Waals surface area contributed by atoms with E-state index in [4.69, 9.17) is 0 Å². The van der Waals surface area contributed by atoms with Gasteiger partial charge in [0.2, 0.25) is 0 Å². The van der Waals surface area contributed by atoms with Crippen molar-refractivity contribution in [3.63, 3.8) is 0 Å². The number of anilines is 4. The molecule has 8 nitrogen and oxygen atoms in total. The Labute approximate surface area is 157 Å². The topological polar surface area (TPSA) is 95.4 Å². The molecule has 0 spiro atoms. The van der Waals surface area contributed by atoms with Gasteiger partial charge in [-0.2, -0.15) is 9.61 Å². The summed E-state index contributed by atoms with van der Waals surface area (Å²) in [6.07, 6.45) is 6.25. The summed E-state index contributed by atoms with van der Waals surface area (Å²) in [5.41, 5.74) is 4.98. The van der Waals surface area contributed by atoms with Gasteiger partial charge < -0.3 is 21.3 Å². The Kier molecular flexibility index (Phi) is 4.53. The van der Waals surface area contributed by atoms with Gasteiger partial charge in [0.1, 0.15) is 17.3 Å². The fourth-order valence-corrected chi connectivity index (χ4v) is 3.51. The van der Waals surface area contributed by atoms with E-state index in [2.05, 4.69) is 49.5 Å². The van der Waals surface area contributed by atoms with Crippen LogP contribution in [0.4, 0.5) is 27.8 Å². The number of fused-ring (bicyclic) bond motifs is 2. The van der Waals surface area contributed by atoms with E-state index >= 15 is 0 Å². The summed E-state index contributed by atoms with van der Waals surface area (Å²) in [4.78, 5) is 16.4. The number of aryl methyl sites for hydroxylation is 1. The standard InChI is InChI=1S/C19H23N7O/c1-20-17-10-16(23-14-9-5-7-12-6-3-4-8-13(12)14)25-18-15(11-22-26(17)18)24-19(27)21-2/h5,7,9-11,20H,3-4,6,8H2,1-2H3,(H,23,25)(H2,21,24,27). The van der Waals surface area contributed by atoms with Crippen molar-refractivity contribution in [1.82, 2.24) is 19.9 Å². The van der Waals surface area contributed by atoms with Gasteiger partial charge in [-0.05, 0) is 42.9 Å². The molecule has 0 aliphatic heterocycles. The van der Waals surface area contributed by atoms with Crippen LogP contribution in [0.25, 0.3) is 5.65 Å². The Morgan fingerprint density at radius 3 is 2.81 bits per heavy atom. The number of benzene rings is 1. The highest BCUT2D eigenvalue weighted by Gasteiger charge is 2.16. The molecule has 1 aliphatic rings. The number of urea groups is 1. The van der Waals surface area contributed by atoms with Crippen LogP contribution in [0.15, 0.2) is 30.5 Å². The maximum atomic E-state index is 11.7. The molecular weight excluding hydrogens is 342 g/mol. The summed E-state index contributed by atoms with van der Waals surface area (Å²) in [7, 11) is 3.40. The van der Waals surface area contributed by atoms with Crippen molar-refractivity contribution in [3.8, 4) is 0 Å². The van der Waals surface area contributed by atoms with Gasteiger partial charge in [0.15, 0.2) is 5.65 Å². The molecule has 27 heavy (non-hydrogen) atoms. The fourth-order valence-electron chi connectivity index (χ4n) is 3.51. The largest absolute Gasteiger partial charge is 0.373 e. The van der Waals surface area contributed by atoms with Crippen molar-refractivity contribution in [3.05, 3.63) is 41.6 Å². The van der Waals surface area contributed by atoms with Crippen LogP contribution in [0.1, 0.15) is 24.0 Å². The third kappa shape index (κ3) is 3.25. The SMILES string of the molecule is CNC(=O)Nc1cnn2c(NC)cc(Nc3cccc4c3CCCC4)nc12. The fraction of sp³-hybridized carbons (Fsp3) is 0.316. The molecule has 0 bridgehead atoms. The molecule has 2 aromatic heterocycles. The molecule has 1 aliphatic carbocycles. The molecular formula is C19H23N7O. The zero-order chi connectivity index (χ0) is 18.8. The Hall–Kier alpha value is -3.29. The Bertz CT molecular complexity index is 995. The Morgan fingerprint density at radius 2 is 2.00 bits per heavy atom. The number of nitrogens with zero attached hydrogens (tertiary/aromatic N) is 3. The van der Waals surface area contributed by atoms with E-state index in [1.54, 1.807) is 17.8 Å². The Morgan fingerprint density at radius 1 is 1.15 bits per heavy atom. The first-order chi connectivity index (χ1) is 13.2. The molecule has 1 aromatic carbocycles. The number of rotatable bonds is 4. The zero-order valence-electron chi connectivity index (χ0n) is 15.5. The maximum Gasteiger partial charge on any atom is 0.319 e. The maximum absolute atomic E-state index is 11.7. The van der Waals surface area contributed by atoms with E-state index in [1.165, 1.54) is 24.0 Å². The van der Waals surface area contributed by atoms with Crippen LogP contribution in [0, 0.1) is 0 Å². The highest BCUT2D eigenvalue weighted by Crippen LogP contribution is 2.31.